The molecule has 0 radical (unpaired) electrons. The Morgan fingerprint density at radius 1 is 1.67 bits per heavy atom. The molecule has 7 heteroatoms. The van der Waals surface area contributed by atoms with Gasteiger partial charge in [0.15, 0.2) is 5.69 Å². The van der Waals surface area contributed by atoms with Crippen LogP contribution >= 0.6 is 11.6 Å². The topological polar surface area (TPSA) is 69.4 Å². The summed E-state index contributed by atoms with van der Waals surface area (Å²) in [6, 6.07) is 1.41. The minimum Gasteiger partial charge on any atom is -0.461 e. The predicted molar refractivity (Wildman–Crippen MR) is 51.7 cm³/mol. The SMILES string of the molecule is CCOC(=O)c1cc(Cl)n2cnnc2n1. The predicted octanol–water partition coefficient (Wildman–Crippen LogP) is 0.954. The van der Waals surface area contributed by atoms with Crippen molar-refractivity contribution < 1.29 is 9.53 Å². The van der Waals surface area contributed by atoms with Crippen molar-refractivity contribution in [3.8, 4) is 0 Å². The van der Waals surface area contributed by atoms with E-state index in [4.69, 9.17) is 16.3 Å². The first-order valence-electron chi connectivity index (χ1n) is 4.25. The van der Waals surface area contributed by atoms with Crippen LogP contribution in [0.4, 0.5) is 0 Å². The first kappa shape index (κ1) is 9.85. The lowest BCUT2D eigenvalue weighted by atomic mass is 10.4. The molecule has 0 fully saturated rings. The van der Waals surface area contributed by atoms with Crippen molar-refractivity contribution >= 4 is 23.3 Å². The van der Waals surface area contributed by atoms with Gasteiger partial charge in [0.2, 0.25) is 0 Å². The highest BCUT2D eigenvalue weighted by Crippen LogP contribution is 2.12. The zero-order valence-electron chi connectivity index (χ0n) is 7.85. The van der Waals surface area contributed by atoms with Gasteiger partial charge in [-0.2, -0.15) is 0 Å². The van der Waals surface area contributed by atoms with E-state index in [0.717, 1.165) is 0 Å². The quantitative estimate of drug-likeness (QED) is 0.563. The van der Waals surface area contributed by atoms with Crippen molar-refractivity contribution in [2.45, 2.75) is 6.92 Å². The summed E-state index contributed by atoms with van der Waals surface area (Å²) in [4.78, 5) is 15.3. The van der Waals surface area contributed by atoms with Gasteiger partial charge in [-0.3, -0.25) is 4.40 Å². The summed E-state index contributed by atoms with van der Waals surface area (Å²) in [5.41, 5.74) is 0.127. The molecule has 0 saturated heterocycles. The number of halogens is 1. The molecule has 2 aromatic heterocycles. The van der Waals surface area contributed by atoms with E-state index in [1.54, 1.807) is 6.92 Å². The number of aromatic nitrogens is 4. The molecular weight excluding hydrogens is 220 g/mol. The van der Waals surface area contributed by atoms with E-state index < -0.39 is 5.97 Å². The molecule has 0 atom stereocenters. The fourth-order valence-electron chi connectivity index (χ4n) is 1.09. The molecule has 78 valence electrons. The van der Waals surface area contributed by atoms with E-state index in [2.05, 4.69) is 15.2 Å². The maximum Gasteiger partial charge on any atom is 0.357 e. The van der Waals surface area contributed by atoms with E-state index in [9.17, 15) is 4.79 Å². The smallest absolute Gasteiger partial charge is 0.357 e. The van der Waals surface area contributed by atoms with Gasteiger partial charge in [0.1, 0.15) is 11.5 Å². The molecular formula is C8H7ClN4O2. The molecule has 0 amide bonds. The second kappa shape index (κ2) is 3.82. The number of esters is 1. The molecule has 0 N–H and O–H groups in total. The zero-order chi connectivity index (χ0) is 10.8. The Morgan fingerprint density at radius 3 is 3.20 bits per heavy atom. The number of ether oxygens (including phenoxy) is 1. The van der Waals surface area contributed by atoms with Crippen LogP contribution in [0.15, 0.2) is 12.4 Å². The monoisotopic (exact) mass is 226 g/mol. The van der Waals surface area contributed by atoms with Crippen molar-refractivity contribution in [1.29, 1.82) is 0 Å². The van der Waals surface area contributed by atoms with Gasteiger partial charge in [-0.15, -0.1) is 10.2 Å². The van der Waals surface area contributed by atoms with E-state index >= 15 is 0 Å². The number of rotatable bonds is 2. The molecule has 15 heavy (non-hydrogen) atoms. The number of hydrogen-bond donors (Lipinski definition) is 0. The molecule has 0 unspecified atom stereocenters. The first-order valence-corrected chi connectivity index (χ1v) is 4.63. The standard InChI is InChI=1S/C8H7ClN4O2/c1-2-15-7(14)5-3-6(9)13-4-10-12-8(13)11-5/h3-4H,2H2,1H3. The van der Waals surface area contributed by atoms with Crippen LogP contribution in [0.5, 0.6) is 0 Å². The van der Waals surface area contributed by atoms with Crippen molar-refractivity contribution in [3.05, 3.63) is 23.2 Å². The molecule has 0 bridgehead atoms. The molecule has 0 spiro atoms. The van der Waals surface area contributed by atoms with Crippen molar-refractivity contribution in [2.75, 3.05) is 6.61 Å². The van der Waals surface area contributed by atoms with Gasteiger partial charge in [0, 0.05) is 6.07 Å². The Morgan fingerprint density at radius 2 is 2.47 bits per heavy atom. The van der Waals surface area contributed by atoms with Gasteiger partial charge in [0.05, 0.1) is 6.61 Å². The third-order valence-electron chi connectivity index (χ3n) is 1.72. The van der Waals surface area contributed by atoms with Crippen LogP contribution in [-0.4, -0.2) is 32.2 Å². The van der Waals surface area contributed by atoms with Gasteiger partial charge < -0.3 is 4.74 Å². The molecule has 0 aromatic carbocycles. The molecule has 0 aliphatic rings. The highest BCUT2D eigenvalue weighted by atomic mass is 35.5. The molecule has 2 aromatic rings. The van der Waals surface area contributed by atoms with Gasteiger partial charge in [-0.25, -0.2) is 9.78 Å². The second-order valence-corrected chi connectivity index (χ2v) is 3.07. The molecule has 2 rings (SSSR count). The van der Waals surface area contributed by atoms with Crippen LogP contribution in [-0.2, 0) is 4.74 Å². The summed E-state index contributed by atoms with van der Waals surface area (Å²) in [7, 11) is 0. The summed E-state index contributed by atoms with van der Waals surface area (Å²) in [6.07, 6.45) is 1.42. The van der Waals surface area contributed by atoms with Crippen LogP contribution in [0.3, 0.4) is 0 Å². The Balaban J connectivity index is 2.49. The third kappa shape index (κ3) is 1.75. The summed E-state index contributed by atoms with van der Waals surface area (Å²) >= 11 is 5.88. The Labute approximate surface area is 89.9 Å². The number of nitrogens with zero attached hydrogens (tertiary/aromatic N) is 4. The minimum atomic E-state index is -0.523. The normalized spacial score (nSPS) is 10.5. The minimum absolute atomic E-state index is 0.127. The highest BCUT2D eigenvalue weighted by Gasteiger charge is 2.12. The number of fused-ring (bicyclic) bond motifs is 1. The summed E-state index contributed by atoms with van der Waals surface area (Å²) in [5, 5.41) is 7.63. The van der Waals surface area contributed by atoms with Gasteiger partial charge in [-0.05, 0) is 6.92 Å². The van der Waals surface area contributed by atoms with Crippen molar-refractivity contribution in [3.63, 3.8) is 0 Å². The summed E-state index contributed by atoms with van der Waals surface area (Å²) < 4.78 is 6.25. The van der Waals surface area contributed by atoms with E-state index in [0.29, 0.717) is 5.15 Å². The van der Waals surface area contributed by atoms with Crippen LogP contribution in [0.1, 0.15) is 17.4 Å². The molecule has 0 saturated carbocycles. The number of hydrogen-bond acceptors (Lipinski definition) is 5. The fraction of sp³-hybridized carbons (Fsp3) is 0.250. The number of carbonyl (C=O) groups excluding carboxylic acids is 1. The summed E-state index contributed by atoms with van der Waals surface area (Å²) in [6.45, 7) is 2.01. The van der Waals surface area contributed by atoms with E-state index in [1.807, 2.05) is 0 Å². The maximum absolute atomic E-state index is 11.4. The van der Waals surface area contributed by atoms with Gasteiger partial charge >= 0.3 is 5.97 Å². The van der Waals surface area contributed by atoms with Crippen LogP contribution in [0.25, 0.3) is 5.78 Å². The Kier molecular flexibility index (Phi) is 2.51. The van der Waals surface area contributed by atoms with E-state index in [-0.39, 0.29) is 18.1 Å². The molecule has 0 aliphatic carbocycles. The lowest BCUT2D eigenvalue weighted by molar-refractivity contribution is 0.0519. The van der Waals surface area contributed by atoms with Crippen molar-refractivity contribution in [2.24, 2.45) is 0 Å². The first-order chi connectivity index (χ1) is 7.22. The lowest BCUT2D eigenvalue weighted by Gasteiger charge is -2.01. The average Bonchev–Trinajstić information content (AvgIpc) is 2.66. The largest absolute Gasteiger partial charge is 0.461 e. The van der Waals surface area contributed by atoms with Crippen LogP contribution < -0.4 is 0 Å². The molecule has 0 aliphatic heterocycles. The fourth-order valence-corrected chi connectivity index (χ4v) is 1.31. The Bertz CT molecular complexity index is 510. The number of carbonyl (C=O) groups is 1. The Hall–Kier alpha value is -1.69. The molecule has 6 nitrogen and oxygen atoms in total. The van der Waals surface area contributed by atoms with E-state index in [1.165, 1.54) is 16.8 Å². The van der Waals surface area contributed by atoms with Crippen LogP contribution in [0, 0.1) is 0 Å². The van der Waals surface area contributed by atoms with Gasteiger partial charge in [-0.1, -0.05) is 11.6 Å². The maximum atomic E-state index is 11.4. The van der Waals surface area contributed by atoms with Crippen molar-refractivity contribution in [1.82, 2.24) is 19.6 Å². The van der Waals surface area contributed by atoms with Gasteiger partial charge in [0.25, 0.3) is 5.78 Å². The van der Waals surface area contributed by atoms with Crippen LogP contribution in [0.2, 0.25) is 5.15 Å². The third-order valence-corrected chi connectivity index (χ3v) is 2.01. The lowest BCUT2D eigenvalue weighted by Crippen LogP contribution is -2.08. The zero-order valence-corrected chi connectivity index (χ0v) is 8.60. The second-order valence-electron chi connectivity index (χ2n) is 2.69. The summed E-state index contributed by atoms with van der Waals surface area (Å²) in [5.74, 6) is -0.254. The molecule has 2 heterocycles. The highest BCUT2D eigenvalue weighted by molar-refractivity contribution is 6.30. The average molecular weight is 227 g/mol.